The van der Waals surface area contributed by atoms with Gasteiger partial charge in [0.2, 0.25) is 0 Å². The average Bonchev–Trinajstić information content (AvgIpc) is 3.34. The van der Waals surface area contributed by atoms with Crippen LogP contribution in [0.1, 0.15) is 30.1 Å². The second kappa shape index (κ2) is 6.54. The third-order valence-electron chi connectivity index (χ3n) is 4.50. The number of aromatic nitrogens is 5. The minimum Gasteiger partial charge on any atom is -0.465 e. The number of aromatic amines is 1. The van der Waals surface area contributed by atoms with Gasteiger partial charge in [-0.3, -0.25) is 9.48 Å². The lowest BCUT2D eigenvalue weighted by atomic mass is 10.1. The number of likely N-dealkylation sites (tertiary alicyclic amines) is 1. The van der Waals surface area contributed by atoms with Gasteiger partial charge < -0.3 is 14.6 Å². The molecule has 0 saturated carbocycles. The number of nitrogens with zero attached hydrogens (tertiary/aromatic N) is 5. The molecule has 4 rings (SSSR count). The fourth-order valence-corrected chi connectivity index (χ4v) is 3.33. The zero-order chi connectivity index (χ0) is 17.2. The van der Waals surface area contributed by atoms with Crippen molar-refractivity contribution >= 4 is 16.9 Å². The summed E-state index contributed by atoms with van der Waals surface area (Å²) in [6, 6.07) is 6.15. The van der Waals surface area contributed by atoms with Crippen LogP contribution in [0.2, 0.25) is 0 Å². The Morgan fingerprint density at radius 2 is 2.36 bits per heavy atom. The van der Waals surface area contributed by atoms with E-state index in [0.717, 1.165) is 30.4 Å². The summed E-state index contributed by atoms with van der Waals surface area (Å²) >= 11 is 0. The van der Waals surface area contributed by atoms with Gasteiger partial charge in [-0.1, -0.05) is 5.21 Å². The summed E-state index contributed by atoms with van der Waals surface area (Å²) in [4.78, 5) is 22.4. The monoisotopic (exact) mass is 340 g/mol. The topological polar surface area (TPSA) is 88.9 Å². The summed E-state index contributed by atoms with van der Waals surface area (Å²) in [6.45, 7) is 3.89. The molecule has 8 nitrogen and oxygen atoms in total. The fraction of sp³-hybridized carbons (Fsp3) is 0.412. The molecule has 2 aromatic heterocycles. The van der Waals surface area contributed by atoms with Crippen LogP contribution in [0.15, 0.2) is 30.6 Å². The van der Waals surface area contributed by atoms with Gasteiger partial charge in [-0.15, -0.1) is 5.10 Å². The minimum absolute atomic E-state index is 0.0390. The zero-order valence-electron chi connectivity index (χ0n) is 14.1. The van der Waals surface area contributed by atoms with Crippen molar-refractivity contribution in [1.29, 1.82) is 0 Å². The van der Waals surface area contributed by atoms with E-state index in [0.29, 0.717) is 24.7 Å². The molecule has 3 aromatic rings. The van der Waals surface area contributed by atoms with Gasteiger partial charge in [-0.05, 0) is 38.0 Å². The summed E-state index contributed by atoms with van der Waals surface area (Å²) < 4.78 is 7.17. The van der Waals surface area contributed by atoms with Gasteiger partial charge >= 0.3 is 0 Å². The number of nitrogens with one attached hydrogen (secondary N) is 1. The molecule has 1 aliphatic heterocycles. The number of amides is 1. The molecule has 1 aromatic carbocycles. The summed E-state index contributed by atoms with van der Waals surface area (Å²) in [5.41, 5.74) is 2.26. The molecule has 1 aliphatic rings. The van der Waals surface area contributed by atoms with Crippen LogP contribution >= 0.6 is 0 Å². The molecule has 0 unspecified atom stereocenters. The predicted molar refractivity (Wildman–Crippen MR) is 91.3 cm³/mol. The molecule has 0 radical (unpaired) electrons. The summed E-state index contributed by atoms with van der Waals surface area (Å²) in [7, 11) is 0. The first-order chi connectivity index (χ1) is 12.2. The van der Waals surface area contributed by atoms with E-state index in [4.69, 9.17) is 4.74 Å². The Morgan fingerprint density at radius 1 is 1.44 bits per heavy atom. The van der Waals surface area contributed by atoms with Gasteiger partial charge in [0.15, 0.2) is 0 Å². The highest BCUT2D eigenvalue weighted by atomic mass is 16.5. The summed E-state index contributed by atoms with van der Waals surface area (Å²) in [5.74, 6) is 0.0390. The molecule has 0 aliphatic carbocycles. The lowest BCUT2D eigenvalue weighted by Gasteiger charge is -2.24. The van der Waals surface area contributed by atoms with E-state index in [1.807, 2.05) is 36.2 Å². The van der Waals surface area contributed by atoms with Crippen LogP contribution in [0.5, 0.6) is 6.01 Å². The highest BCUT2D eigenvalue weighted by molar-refractivity contribution is 5.97. The van der Waals surface area contributed by atoms with Gasteiger partial charge in [0.05, 0.1) is 36.4 Å². The van der Waals surface area contributed by atoms with E-state index in [2.05, 4.69) is 20.3 Å². The van der Waals surface area contributed by atoms with E-state index in [-0.39, 0.29) is 11.9 Å². The number of H-pyrrole nitrogens is 1. The first kappa shape index (κ1) is 15.6. The first-order valence-corrected chi connectivity index (χ1v) is 8.52. The quantitative estimate of drug-likeness (QED) is 0.766. The standard InChI is InChI=1S/C17H20N6O2/c1-2-25-17-19-14-6-5-12(10-15(14)20-17)16(24)23-8-3-4-13(23)11-22-9-7-18-21-22/h5-7,9-10,13H,2-4,8,11H2,1H3,(H,19,20)/t13-/m0/s1. The predicted octanol–water partition coefficient (Wildman–Crippen LogP) is 1.86. The van der Waals surface area contributed by atoms with Crippen molar-refractivity contribution in [2.75, 3.05) is 13.2 Å². The first-order valence-electron chi connectivity index (χ1n) is 8.52. The van der Waals surface area contributed by atoms with E-state index >= 15 is 0 Å². The van der Waals surface area contributed by atoms with E-state index in [1.165, 1.54) is 0 Å². The van der Waals surface area contributed by atoms with Crippen LogP contribution in [0.3, 0.4) is 0 Å². The van der Waals surface area contributed by atoms with E-state index < -0.39 is 0 Å². The Morgan fingerprint density at radius 3 is 3.16 bits per heavy atom. The van der Waals surface area contributed by atoms with Crippen LogP contribution < -0.4 is 4.74 Å². The molecular weight excluding hydrogens is 320 g/mol. The van der Waals surface area contributed by atoms with Crippen LogP contribution in [0.25, 0.3) is 11.0 Å². The minimum atomic E-state index is 0.0390. The van der Waals surface area contributed by atoms with Gasteiger partial charge in [0.25, 0.3) is 11.9 Å². The molecule has 1 atom stereocenters. The number of fused-ring (bicyclic) bond motifs is 1. The molecule has 0 spiro atoms. The average molecular weight is 340 g/mol. The maximum Gasteiger partial charge on any atom is 0.294 e. The van der Waals surface area contributed by atoms with Gasteiger partial charge in [-0.2, -0.15) is 4.98 Å². The van der Waals surface area contributed by atoms with Crippen LogP contribution in [0.4, 0.5) is 0 Å². The summed E-state index contributed by atoms with van der Waals surface area (Å²) in [6.07, 6.45) is 5.47. The van der Waals surface area contributed by atoms with Crippen molar-refractivity contribution in [3.05, 3.63) is 36.2 Å². The van der Waals surface area contributed by atoms with Gasteiger partial charge in [-0.25, -0.2) is 0 Å². The Kier molecular flexibility index (Phi) is 4.09. The van der Waals surface area contributed by atoms with E-state index in [1.54, 1.807) is 10.9 Å². The smallest absolute Gasteiger partial charge is 0.294 e. The van der Waals surface area contributed by atoms with Crippen LogP contribution in [0, 0.1) is 0 Å². The van der Waals surface area contributed by atoms with Crippen molar-refractivity contribution in [1.82, 2.24) is 29.9 Å². The maximum atomic E-state index is 13.0. The lowest BCUT2D eigenvalue weighted by molar-refractivity contribution is 0.0721. The Labute approximate surface area is 144 Å². The third kappa shape index (κ3) is 3.07. The Hall–Kier alpha value is -2.90. The number of carbonyl (C=O) groups excluding carboxylic acids is 1. The van der Waals surface area contributed by atoms with Crippen molar-refractivity contribution in [2.24, 2.45) is 0 Å². The Balaban J connectivity index is 1.55. The van der Waals surface area contributed by atoms with Gasteiger partial charge in [0, 0.05) is 18.3 Å². The molecule has 3 heterocycles. The second-order valence-corrected chi connectivity index (χ2v) is 6.13. The second-order valence-electron chi connectivity index (χ2n) is 6.13. The normalized spacial score (nSPS) is 17.3. The largest absolute Gasteiger partial charge is 0.465 e. The van der Waals surface area contributed by atoms with Crippen LogP contribution in [-0.2, 0) is 6.54 Å². The highest BCUT2D eigenvalue weighted by Crippen LogP contribution is 2.23. The fourth-order valence-electron chi connectivity index (χ4n) is 3.33. The zero-order valence-corrected chi connectivity index (χ0v) is 14.1. The summed E-state index contributed by atoms with van der Waals surface area (Å²) in [5, 5.41) is 7.84. The third-order valence-corrected chi connectivity index (χ3v) is 4.50. The van der Waals surface area contributed by atoms with E-state index in [9.17, 15) is 4.79 Å². The van der Waals surface area contributed by atoms with Crippen molar-refractivity contribution < 1.29 is 9.53 Å². The number of ether oxygens (including phenoxy) is 1. The lowest BCUT2D eigenvalue weighted by Crippen LogP contribution is -2.38. The number of hydrogen-bond acceptors (Lipinski definition) is 5. The molecule has 1 saturated heterocycles. The molecule has 1 N–H and O–H groups in total. The number of benzene rings is 1. The highest BCUT2D eigenvalue weighted by Gasteiger charge is 2.30. The van der Waals surface area contributed by atoms with Crippen molar-refractivity contribution in [3.8, 4) is 6.01 Å². The molecule has 130 valence electrons. The molecule has 1 amide bonds. The van der Waals surface area contributed by atoms with Crippen LogP contribution in [-0.4, -0.2) is 55.0 Å². The molecule has 1 fully saturated rings. The SMILES string of the molecule is CCOc1nc2ccc(C(=O)N3CCC[C@H]3Cn3ccnn3)cc2[nH]1. The van der Waals surface area contributed by atoms with Crippen molar-refractivity contribution in [2.45, 2.75) is 32.4 Å². The molecule has 0 bridgehead atoms. The number of carbonyl (C=O) groups is 1. The number of imidazole rings is 1. The number of rotatable bonds is 5. The molecular formula is C17H20N6O2. The van der Waals surface area contributed by atoms with Gasteiger partial charge in [0.1, 0.15) is 0 Å². The molecule has 25 heavy (non-hydrogen) atoms. The Bertz CT molecular complexity index is 873. The maximum absolute atomic E-state index is 13.0. The molecule has 8 heteroatoms. The number of hydrogen-bond donors (Lipinski definition) is 1. The van der Waals surface area contributed by atoms with Crippen molar-refractivity contribution in [3.63, 3.8) is 0 Å².